The Morgan fingerprint density at radius 1 is 1.19 bits per heavy atom. The largest absolute Gasteiger partial charge is 0.484 e. The molecule has 2 aromatic rings. The molecule has 168 valence electrons. The molecule has 1 saturated heterocycles. The molecule has 4 nitrogen and oxygen atoms in total. The van der Waals surface area contributed by atoms with Gasteiger partial charge >= 0.3 is 0 Å². The number of carbonyl (C=O) groups is 1. The molecule has 0 unspecified atom stereocenters. The molecule has 1 aliphatic heterocycles. The highest BCUT2D eigenvalue weighted by Gasteiger charge is 2.35. The number of nitrogens with one attached hydrogen (secondary N) is 1. The summed E-state index contributed by atoms with van der Waals surface area (Å²) in [4.78, 5) is 12.1. The van der Waals surface area contributed by atoms with Crippen LogP contribution in [0.2, 0.25) is 5.02 Å². The van der Waals surface area contributed by atoms with Gasteiger partial charge in [-0.05, 0) is 68.4 Å². The number of halogens is 1. The van der Waals surface area contributed by atoms with Gasteiger partial charge in [0.1, 0.15) is 5.75 Å². The van der Waals surface area contributed by atoms with Crippen molar-refractivity contribution in [2.75, 3.05) is 13.2 Å². The Balaban J connectivity index is 1.71. The van der Waals surface area contributed by atoms with Gasteiger partial charge in [-0.3, -0.25) is 4.79 Å². The van der Waals surface area contributed by atoms with Gasteiger partial charge in [0.2, 0.25) is 0 Å². The van der Waals surface area contributed by atoms with Crippen LogP contribution in [0.5, 0.6) is 5.75 Å². The minimum Gasteiger partial charge on any atom is -0.484 e. The minimum absolute atomic E-state index is 0.00552. The highest BCUT2D eigenvalue weighted by molar-refractivity contribution is 6.31. The van der Waals surface area contributed by atoms with Crippen molar-refractivity contribution in [2.45, 2.75) is 58.6 Å². The maximum absolute atomic E-state index is 12.1. The van der Waals surface area contributed by atoms with Crippen LogP contribution in [0.15, 0.2) is 48.5 Å². The van der Waals surface area contributed by atoms with Gasteiger partial charge in [-0.2, -0.15) is 0 Å². The summed E-state index contributed by atoms with van der Waals surface area (Å²) >= 11 is 6.45. The molecule has 31 heavy (non-hydrogen) atoms. The van der Waals surface area contributed by atoms with Crippen LogP contribution in [0.1, 0.15) is 64.2 Å². The standard InChI is InChI=1S/C26H34ClNO3/c1-17(2)22-14-19(21-11-6-7-12-23(21)27)15-31-25(22)18-9-8-10-20(13-18)30-16-24(29)28-26(3,4)5/h6-13,17,19,22,25H,14-16H2,1-5H3,(H,28,29)/t19-,22-,25-/m0/s1. The van der Waals surface area contributed by atoms with Crippen molar-refractivity contribution >= 4 is 17.5 Å². The minimum atomic E-state index is -0.277. The number of amides is 1. The summed E-state index contributed by atoms with van der Waals surface area (Å²) in [6, 6.07) is 16.0. The predicted octanol–water partition coefficient (Wildman–Crippen LogP) is 6.15. The number of ether oxygens (including phenoxy) is 2. The predicted molar refractivity (Wildman–Crippen MR) is 126 cm³/mol. The third kappa shape index (κ3) is 6.47. The molecular weight excluding hydrogens is 410 g/mol. The fraction of sp³-hybridized carbons (Fsp3) is 0.500. The van der Waals surface area contributed by atoms with Crippen molar-refractivity contribution in [1.29, 1.82) is 0 Å². The molecule has 3 atom stereocenters. The second kappa shape index (κ2) is 10.1. The molecule has 5 heteroatoms. The Morgan fingerprint density at radius 3 is 2.61 bits per heavy atom. The van der Waals surface area contributed by atoms with E-state index in [1.165, 1.54) is 0 Å². The summed E-state index contributed by atoms with van der Waals surface area (Å²) in [7, 11) is 0. The molecule has 0 aliphatic carbocycles. The van der Waals surface area contributed by atoms with Crippen molar-refractivity contribution in [2.24, 2.45) is 11.8 Å². The van der Waals surface area contributed by atoms with Crippen molar-refractivity contribution in [3.63, 3.8) is 0 Å². The van der Waals surface area contributed by atoms with Crippen LogP contribution < -0.4 is 10.1 Å². The molecule has 0 bridgehead atoms. The molecule has 1 N–H and O–H groups in total. The quantitative estimate of drug-likeness (QED) is 0.582. The first-order chi connectivity index (χ1) is 14.6. The lowest BCUT2D eigenvalue weighted by Crippen LogP contribution is -2.43. The lowest BCUT2D eigenvalue weighted by Gasteiger charge is -2.39. The first-order valence-electron chi connectivity index (χ1n) is 11.0. The van der Waals surface area contributed by atoms with E-state index in [9.17, 15) is 4.79 Å². The molecule has 0 saturated carbocycles. The Morgan fingerprint density at radius 2 is 1.94 bits per heavy atom. The van der Waals surface area contributed by atoms with Crippen LogP contribution in [0.3, 0.4) is 0 Å². The van der Waals surface area contributed by atoms with Crippen LogP contribution >= 0.6 is 11.6 Å². The Kier molecular flexibility index (Phi) is 7.66. The summed E-state index contributed by atoms with van der Waals surface area (Å²) < 4.78 is 12.2. The van der Waals surface area contributed by atoms with Gasteiger partial charge in [0.25, 0.3) is 5.91 Å². The maximum Gasteiger partial charge on any atom is 0.258 e. The zero-order valence-corrected chi connectivity index (χ0v) is 19.9. The number of hydrogen-bond donors (Lipinski definition) is 1. The van der Waals surface area contributed by atoms with E-state index in [0.29, 0.717) is 24.2 Å². The summed E-state index contributed by atoms with van der Waals surface area (Å²) in [5, 5.41) is 3.72. The van der Waals surface area contributed by atoms with Gasteiger partial charge in [-0.1, -0.05) is 55.8 Å². The van der Waals surface area contributed by atoms with Crippen molar-refractivity contribution < 1.29 is 14.3 Å². The van der Waals surface area contributed by atoms with Gasteiger partial charge in [-0.25, -0.2) is 0 Å². The summed E-state index contributed by atoms with van der Waals surface area (Å²) in [6.07, 6.45) is 1.01. The van der Waals surface area contributed by atoms with Crippen LogP contribution in [0, 0.1) is 11.8 Å². The normalized spacial score (nSPS) is 21.7. The van der Waals surface area contributed by atoms with Gasteiger partial charge in [0, 0.05) is 16.5 Å². The van der Waals surface area contributed by atoms with Crippen molar-refractivity contribution in [1.82, 2.24) is 5.32 Å². The molecule has 1 aliphatic rings. The Bertz CT molecular complexity index is 890. The summed E-state index contributed by atoms with van der Waals surface area (Å²) in [6.45, 7) is 11.0. The first kappa shape index (κ1) is 23.6. The fourth-order valence-corrected chi connectivity index (χ4v) is 4.53. The van der Waals surface area contributed by atoms with Crippen molar-refractivity contribution in [3.05, 3.63) is 64.7 Å². The lowest BCUT2D eigenvalue weighted by molar-refractivity contribution is -0.124. The fourth-order valence-electron chi connectivity index (χ4n) is 4.24. The van der Waals surface area contributed by atoms with E-state index >= 15 is 0 Å². The highest BCUT2D eigenvalue weighted by Crippen LogP contribution is 2.45. The van der Waals surface area contributed by atoms with Gasteiger partial charge < -0.3 is 14.8 Å². The molecule has 1 amide bonds. The van der Waals surface area contributed by atoms with E-state index in [1.54, 1.807) is 0 Å². The molecule has 1 fully saturated rings. The smallest absolute Gasteiger partial charge is 0.258 e. The second-order valence-corrected chi connectivity index (χ2v) is 10.2. The number of rotatable bonds is 6. The third-order valence-electron chi connectivity index (χ3n) is 5.69. The van der Waals surface area contributed by atoms with Crippen molar-refractivity contribution in [3.8, 4) is 5.75 Å². The number of benzene rings is 2. The first-order valence-corrected chi connectivity index (χ1v) is 11.4. The van der Waals surface area contributed by atoms with Crippen LogP contribution in [0.4, 0.5) is 0 Å². The van der Waals surface area contributed by atoms with E-state index in [-0.39, 0.29) is 30.1 Å². The lowest BCUT2D eigenvalue weighted by atomic mass is 9.76. The van der Waals surface area contributed by atoms with E-state index in [4.69, 9.17) is 21.1 Å². The zero-order chi connectivity index (χ0) is 22.6. The Labute approximate surface area is 191 Å². The topological polar surface area (TPSA) is 47.6 Å². The SMILES string of the molecule is CC(C)[C@@H]1C[C@H](c2ccccc2Cl)CO[C@H]1c1cccc(OCC(=O)NC(C)(C)C)c1. The molecule has 0 aromatic heterocycles. The second-order valence-electron chi connectivity index (χ2n) is 9.78. The molecular formula is C26H34ClNO3. The molecule has 3 rings (SSSR count). The summed E-state index contributed by atoms with van der Waals surface area (Å²) in [5.41, 5.74) is 1.97. The van der Waals surface area contributed by atoms with E-state index in [0.717, 1.165) is 22.6 Å². The average molecular weight is 444 g/mol. The van der Waals surface area contributed by atoms with Gasteiger partial charge in [-0.15, -0.1) is 0 Å². The van der Waals surface area contributed by atoms with E-state index in [1.807, 2.05) is 57.2 Å². The highest BCUT2D eigenvalue weighted by atomic mass is 35.5. The molecule has 2 aromatic carbocycles. The van der Waals surface area contributed by atoms with E-state index in [2.05, 4.69) is 31.3 Å². The number of hydrogen-bond acceptors (Lipinski definition) is 3. The third-order valence-corrected chi connectivity index (χ3v) is 6.04. The average Bonchev–Trinajstić information content (AvgIpc) is 2.71. The molecule has 1 heterocycles. The number of carbonyl (C=O) groups excluding carboxylic acids is 1. The van der Waals surface area contributed by atoms with Gasteiger partial charge in [0.05, 0.1) is 12.7 Å². The van der Waals surface area contributed by atoms with Crippen LogP contribution in [-0.4, -0.2) is 24.7 Å². The molecule has 0 spiro atoms. The van der Waals surface area contributed by atoms with E-state index < -0.39 is 0 Å². The maximum atomic E-state index is 12.1. The monoisotopic (exact) mass is 443 g/mol. The molecule has 0 radical (unpaired) electrons. The van der Waals surface area contributed by atoms with Crippen LogP contribution in [0.25, 0.3) is 0 Å². The van der Waals surface area contributed by atoms with Crippen LogP contribution in [-0.2, 0) is 9.53 Å². The van der Waals surface area contributed by atoms with Gasteiger partial charge in [0.15, 0.2) is 6.61 Å². The zero-order valence-electron chi connectivity index (χ0n) is 19.2. The summed E-state index contributed by atoms with van der Waals surface area (Å²) in [5.74, 6) is 1.65. The Hall–Kier alpha value is -2.04.